The third-order valence-corrected chi connectivity index (χ3v) is 7.33. The van der Waals surface area contributed by atoms with Crippen LogP contribution in [0.2, 0.25) is 0 Å². The van der Waals surface area contributed by atoms with Gasteiger partial charge < -0.3 is 10.2 Å². The Hall–Kier alpha value is -2.99. The van der Waals surface area contributed by atoms with E-state index < -0.39 is 0 Å². The van der Waals surface area contributed by atoms with Gasteiger partial charge in [-0.2, -0.15) is 5.10 Å². The number of anilines is 1. The highest BCUT2D eigenvalue weighted by atomic mass is 16.1. The van der Waals surface area contributed by atoms with Crippen LogP contribution in [0.25, 0.3) is 11.1 Å². The van der Waals surface area contributed by atoms with Crippen molar-refractivity contribution < 1.29 is 9.59 Å². The summed E-state index contributed by atoms with van der Waals surface area (Å²) in [6.07, 6.45) is 10.6. The summed E-state index contributed by atoms with van der Waals surface area (Å²) in [6.45, 7) is 8.01. The van der Waals surface area contributed by atoms with Crippen molar-refractivity contribution in [2.75, 3.05) is 25.0 Å². The van der Waals surface area contributed by atoms with Gasteiger partial charge in [-0.25, -0.2) is 0 Å². The van der Waals surface area contributed by atoms with E-state index in [1.807, 2.05) is 39.4 Å². The average Bonchev–Trinajstić information content (AvgIpc) is 3.24. The molecule has 180 valence electrons. The minimum Gasteiger partial charge on any atom is -0.371 e. The summed E-state index contributed by atoms with van der Waals surface area (Å²) in [4.78, 5) is 28.4. The first kappa shape index (κ1) is 24.1. The second-order valence-electron chi connectivity index (χ2n) is 9.86. The van der Waals surface area contributed by atoms with Crippen molar-refractivity contribution >= 4 is 17.3 Å². The molecule has 2 aliphatic rings. The summed E-state index contributed by atoms with van der Waals surface area (Å²) in [6, 6.07) is 4.63. The third kappa shape index (κ3) is 5.07. The molecule has 1 atom stereocenters. The molecule has 1 fully saturated rings. The number of allylic oxidation sites excluding steroid dienone is 4. The molecule has 1 aliphatic heterocycles. The largest absolute Gasteiger partial charge is 0.371 e. The fourth-order valence-corrected chi connectivity index (χ4v) is 5.31. The van der Waals surface area contributed by atoms with Gasteiger partial charge >= 0.3 is 0 Å². The number of aromatic nitrogens is 2. The molecule has 2 heterocycles. The molecular weight excluding hydrogens is 424 g/mol. The van der Waals surface area contributed by atoms with Crippen LogP contribution in [0.5, 0.6) is 0 Å². The molecule has 6 nitrogen and oxygen atoms in total. The fraction of sp³-hybridized carbons (Fsp3) is 0.464. The number of hydrogen-bond donors (Lipinski definition) is 1. The molecule has 1 aromatic carbocycles. The maximum atomic E-state index is 13.5. The molecule has 1 aromatic heterocycles. The molecule has 0 spiro atoms. The fourth-order valence-electron chi connectivity index (χ4n) is 5.31. The van der Waals surface area contributed by atoms with E-state index in [0.717, 1.165) is 65.0 Å². The summed E-state index contributed by atoms with van der Waals surface area (Å²) < 4.78 is 1.78. The van der Waals surface area contributed by atoms with Gasteiger partial charge in [-0.1, -0.05) is 11.6 Å². The number of piperidine rings is 1. The highest BCUT2D eigenvalue weighted by Gasteiger charge is 2.26. The Morgan fingerprint density at radius 1 is 1.15 bits per heavy atom. The average molecular weight is 461 g/mol. The molecule has 1 N–H and O–H groups in total. The van der Waals surface area contributed by atoms with Crippen LogP contribution in [0, 0.1) is 12.8 Å². The molecule has 0 saturated carbocycles. The van der Waals surface area contributed by atoms with E-state index in [0.29, 0.717) is 18.9 Å². The maximum absolute atomic E-state index is 13.5. The first-order valence-corrected chi connectivity index (χ1v) is 12.3. The van der Waals surface area contributed by atoms with Crippen molar-refractivity contribution in [3.05, 3.63) is 59.0 Å². The van der Waals surface area contributed by atoms with E-state index in [-0.39, 0.29) is 17.5 Å². The highest BCUT2D eigenvalue weighted by molar-refractivity contribution is 6.01. The lowest BCUT2D eigenvalue weighted by atomic mass is 9.84. The van der Waals surface area contributed by atoms with Gasteiger partial charge in [0.15, 0.2) is 11.6 Å². The lowest BCUT2D eigenvalue weighted by Crippen LogP contribution is -2.41. The van der Waals surface area contributed by atoms with Gasteiger partial charge in [0.25, 0.3) is 0 Å². The van der Waals surface area contributed by atoms with Gasteiger partial charge in [-0.15, -0.1) is 0 Å². The zero-order valence-corrected chi connectivity index (χ0v) is 21.0. The lowest BCUT2D eigenvalue weighted by molar-refractivity contribution is -0.117. The van der Waals surface area contributed by atoms with E-state index in [9.17, 15) is 9.59 Å². The van der Waals surface area contributed by atoms with Crippen LogP contribution in [0.3, 0.4) is 0 Å². The lowest BCUT2D eigenvalue weighted by Gasteiger charge is -2.35. The van der Waals surface area contributed by atoms with Crippen molar-refractivity contribution in [3.8, 4) is 11.1 Å². The van der Waals surface area contributed by atoms with Crippen LogP contribution < -0.4 is 10.2 Å². The summed E-state index contributed by atoms with van der Waals surface area (Å²) in [5.41, 5.74) is 6.88. The number of rotatable bonds is 7. The highest BCUT2D eigenvalue weighted by Crippen LogP contribution is 2.34. The molecule has 0 radical (unpaired) electrons. The zero-order chi connectivity index (χ0) is 24.4. The number of ketones is 2. The van der Waals surface area contributed by atoms with Crippen molar-refractivity contribution in [1.29, 1.82) is 0 Å². The van der Waals surface area contributed by atoms with Crippen LogP contribution in [-0.2, 0) is 11.8 Å². The van der Waals surface area contributed by atoms with Gasteiger partial charge in [0.05, 0.1) is 6.20 Å². The molecule has 2 aromatic rings. The predicted molar refractivity (Wildman–Crippen MR) is 137 cm³/mol. The van der Waals surface area contributed by atoms with E-state index >= 15 is 0 Å². The van der Waals surface area contributed by atoms with Gasteiger partial charge in [0, 0.05) is 55.5 Å². The van der Waals surface area contributed by atoms with E-state index in [1.54, 1.807) is 10.8 Å². The van der Waals surface area contributed by atoms with Crippen molar-refractivity contribution in [3.63, 3.8) is 0 Å². The Kier molecular flexibility index (Phi) is 7.17. The zero-order valence-electron chi connectivity index (χ0n) is 21.0. The maximum Gasteiger partial charge on any atom is 0.163 e. The van der Waals surface area contributed by atoms with E-state index in [2.05, 4.69) is 41.4 Å². The van der Waals surface area contributed by atoms with Crippen molar-refractivity contribution in [2.45, 2.75) is 52.5 Å². The Morgan fingerprint density at radius 3 is 2.53 bits per heavy atom. The number of Topliss-reactive ketones (excluding diaryl/α,β-unsaturated/α-hetero) is 1. The topological polar surface area (TPSA) is 67.2 Å². The summed E-state index contributed by atoms with van der Waals surface area (Å²) >= 11 is 0. The molecule has 6 heteroatoms. The number of carbonyl (C=O) groups excluding carboxylic acids is 2. The molecule has 1 saturated heterocycles. The molecule has 0 bridgehead atoms. The SMILES string of the molecule is CC1=CC(=O)C(CCC(=O)c2cc(-c3cnn(C)c3)cc(N(C)C3CCNCC3)c2C)C(C)=C1. The van der Waals surface area contributed by atoms with Crippen molar-refractivity contribution in [1.82, 2.24) is 15.1 Å². The molecular formula is C28H36N4O2. The van der Waals surface area contributed by atoms with Crippen molar-refractivity contribution in [2.24, 2.45) is 13.0 Å². The minimum absolute atomic E-state index is 0.0927. The first-order valence-electron chi connectivity index (χ1n) is 12.3. The number of nitrogens with zero attached hydrogens (tertiary/aromatic N) is 3. The Balaban J connectivity index is 1.64. The molecule has 1 unspecified atom stereocenters. The standard InChI is InChI=1S/C28H36N4O2/c1-18-12-19(2)24(28(34)13-18)6-7-27(33)25-14-21(22-16-30-31(4)17-22)15-26(20(25)3)32(5)23-8-10-29-11-9-23/h12-17,23-24,29H,6-11H2,1-5H3. The van der Waals surface area contributed by atoms with E-state index in [4.69, 9.17) is 0 Å². The van der Waals surface area contributed by atoms with Crippen LogP contribution in [0.4, 0.5) is 5.69 Å². The van der Waals surface area contributed by atoms with Crippen LogP contribution in [0.15, 0.2) is 47.8 Å². The predicted octanol–water partition coefficient (Wildman–Crippen LogP) is 4.64. The molecule has 0 amide bonds. The van der Waals surface area contributed by atoms with Gasteiger partial charge in [0.2, 0.25) is 0 Å². The number of hydrogen-bond acceptors (Lipinski definition) is 5. The van der Waals surface area contributed by atoms with Gasteiger partial charge in [-0.3, -0.25) is 14.3 Å². The summed E-state index contributed by atoms with van der Waals surface area (Å²) in [5.74, 6) is -0.00103. The van der Waals surface area contributed by atoms with E-state index in [1.165, 1.54) is 0 Å². The summed E-state index contributed by atoms with van der Waals surface area (Å²) in [7, 11) is 4.04. The number of nitrogens with one attached hydrogen (secondary N) is 1. The summed E-state index contributed by atoms with van der Waals surface area (Å²) in [5, 5.41) is 7.77. The molecule has 1 aliphatic carbocycles. The Labute approximate surface area is 202 Å². The second kappa shape index (κ2) is 10.1. The number of carbonyl (C=O) groups is 2. The van der Waals surface area contributed by atoms with Gasteiger partial charge in [-0.05, 0) is 88.0 Å². The van der Waals surface area contributed by atoms with Crippen LogP contribution in [-0.4, -0.2) is 47.5 Å². The Morgan fingerprint density at radius 2 is 1.88 bits per heavy atom. The Bertz CT molecular complexity index is 1150. The third-order valence-electron chi connectivity index (χ3n) is 7.33. The van der Waals surface area contributed by atoms with Crippen LogP contribution >= 0.6 is 0 Å². The monoisotopic (exact) mass is 460 g/mol. The second-order valence-corrected chi connectivity index (χ2v) is 9.86. The number of aryl methyl sites for hydroxylation is 1. The van der Waals surface area contributed by atoms with Gasteiger partial charge in [0.1, 0.15) is 0 Å². The quantitative estimate of drug-likeness (QED) is 0.610. The normalized spacial score (nSPS) is 19.1. The molecule has 4 rings (SSSR count). The minimum atomic E-state index is -0.202. The molecule has 34 heavy (non-hydrogen) atoms. The first-order chi connectivity index (χ1) is 16.2. The van der Waals surface area contributed by atoms with Crippen LogP contribution in [0.1, 0.15) is 55.5 Å². The smallest absolute Gasteiger partial charge is 0.163 e. The number of benzene rings is 1.